The molecule has 1 aromatic heterocycles. The van der Waals surface area contributed by atoms with Gasteiger partial charge in [-0.05, 0) is 19.9 Å². The molecule has 0 atom stereocenters. The van der Waals surface area contributed by atoms with Crippen molar-refractivity contribution in [3.8, 4) is 0 Å². The summed E-state index contributed by atoms with van der Waals surface area (Å²) in [5, 5.41) is 3.88. The van der Waals surface area contributed by atoms with Crippen LogP contribution in [-0.4, -0.2) is 21.2 Å². The molecule has 0 spiro atoms. The number of halogens is 1. The summed E-state index contributed by atoms with van der Waals surface area (Å²) in [6.45, 7) is 4.46. The van der Waals surface area contributed by atoms with E-state index in [0.717, 1.165) is 0 Å². The van der Waals surface area contributed by atoms with Gasteiger partial charge in [0.2, 0.25) is 0 Å². The number of Topliss-reactive ketones (excluding diaryl/α,β-unsaturated/α-hetero) is 1. The fourth-order valence-corrected chi connectivity index (χ4v) is 1.11. The highest BCUT2D eigenvalue weighted by Crippen LogP contribution is 2.12. The number of rotatable bonds is 3. The fourth-order valence-electron chi connectivity index (χ4n) is 1.11. The number of alkyl halides is 1. The lowest BCUT2D eigenvalue weighted by molar-refractivity contribution is 0.0996. The van der Waals surface area contributed by atoms with Gasteiger partial charge in [0.25, 0.3) is 0 Å². The lowest BCUT2D eigenvalue weighted by atomic mass is 10.2. The number of aromatic nitrogens is 2. The molecule has 0 bridgehead atoms. The Labute approximate surface area is 76.6 Å². The molecule has 1 aromatic rings. The van der Waals surface area contributed by atoms with Crippen molar-refractivity contribution >= 4 is 5.78 Å². The summed E-state index contributed by atoms with van der Waals surface area (Å²) in [6.07, 6.45) is 1.50. The molecule has 0 aliphatic rings. The van der Waals surface area contributed by atoms with Crippen molar-refractivity contribution in [1.29, 1.82) is 0 Å². The van der Waals surface area contributed by atoms with Crippen LogP contribution in [0.15, 0.2) is 12.3 Å². The van der Waals surface area contributed by atoms with Gasteiger partial charge in [0.05, 0.1) is 6.54 Å². The molecule has 1 heterocycles. The Morgan fingerprint density at radius 2 is 2.31 bits per heavy atom. The van der Waals surface area contributed by atoms with Crippen LogP contribution in [-0.2, 0) is 6.54 Å². The Morgan fingerprint density at radius 1 is 1.69 bits per heavy atom. The van der Waals surface area contributed by atoms with Gasteiger partial charge in [0.15, 0.2) is 5.78 Å². The standard InChI is InChI=1S/C9H13FN2O/c1-7(13)8-4-5-11-12(8)6-9(2,3)10/h4-5H,6H2,1-3H3. The van der Waals surface area contributed by atoms with E-state index in [9.17, 15) is 9.18 Å². The van der Waals surface area contributed by atoms with Crippen LogP contribution in [0.3, 0.4) is 0 Å². The largest absolute Gasteiger partial charge is 0.293 e. The van der Waals surface area contributed by atoms with E-state index in [0.29, 0.717) is 5.69 Å². The van der Waals surface area contributed by atoms with E-state index >= 15 is 0 Å². The van der Waals surface area contributed by atoms with Crippen LogP contribution in [0.4, 0.5) is 4.39 Å². The SMILES string of the molecule is CC(=O)c1ccnn1CC(C)(C)F. The summed E-state index contributed by atoms with van der Waals surface area (Å²) < 4.78 is 14.6. The Bertz CT molecular complexity index is 312. The fraction of sp³-hybridized carbons (Fsp3) is 0.556. The summed E-state index contributed by atoms with van der Waals surface area (Å²) in [7, 11) is 0. The third kappa shape index (κ3) is 2.65. The molecule has 3 nitrogen and oxygen atoms in total. The first-order chi connectivity index (χ1) is 5.90. The maximum Gasteiger partial charge on any atom is 0.177 e. The van der Waals surface area contributed by atoms with Crippen LogP contribution in [0.1, 0.15) is 31.3 Å². The monoisotopic (exact) mass is 184 g/mol. The summed E-state index contributed by atoms with van der Waals surface area (Å²) in [5.74, 6) is -0.0956. The van der Waals surface area contributed by atoms with Crippen molar-refractivity contribution < 1.29 is 9.18 Å². The van der Waals surface area contributed by atoms with Crippen molar-refractivity contribution in [2.75, 3.05) is 0 Å². The van der Waals surface area contributed by atoms with Crippen LogP contribution >= 0.6 is 0 Å². The van der Waals surface area contributed by atoms with E-state index in [1.54, 1.807) is 6.07 Å². The predicted octanol–water partition coefficient (Wildman–Crippen LogP) is 1.83. The van der Waals surface area contributed by atoms with Gasteiger partial charge in [-0.2, -0.15) is 5.10 Å². The van der Waals surface area contributed by atoms with Gasteiger partial charge in [-0.15, -0.1) is 0 Å². The van der Waals surface area contributed by atoms with Crippen molar-refractivity contribution in [1.82, 2.24) is 9.78 Å². The Morgan fingerprint density at radius 3 is 2.77 bits per heavy atom. The molecule has 0 aromatic carbocycles. The summed E-state index contributed by atoms with van der Waals surface area (Å²) in [4.78, 5) is 11.0. The number of carbonyl (C=O) groups excluding carboxylic acids is 1. The smallest absolute Gasteiger partial charge is 0.177 e. The molecule has 1 rings (SSSR count). The van der Waals surface area contributed by atoms with Gasteiger partial charge in [-0.3, -0.25) is 9.48 Å². The van der Waals surface area contributed by atoms with Crippen LogP contribution in [0.5, 0.6) is 0 Å². The normalized spacial score (nSPS) is 11.7. The van der Waals surface area contributed by atoms with E-state index in [-0.39, 0.29) is 12.3 Å². The average Bonchev–Trinajstić information content (AvgIpc) is 2.31. The zero-order valence-electron chi connectivity index (χ0n) is 8.04. The molecule has 0 unspecified atom stereocenters. The Hall–Kier alpha value is -1.19. The predicted molar refractivity (Wildman–Crippen MR) is 47.4 cm³/mol. The van der Waals surface area contributed by atoms with E-state index in [1.807, 2.05) is 0 Å². The molecule has 0 aliphatic carbocycles. The van der Waals surface area contributed by atoms with Gasteiger partial charge < -0.3 is 0 Å². The topological polar surface area (TPSA) is 34.9 Å². The molecule has 72 valence electrons. The van der Waals surface area contributed by atoms with Crippen molar-refractivity contribution in [2.24, 2.45) is 0 Å². The maximum atomic E-state index is 13.2. The minimum Gasteiger partial charge on any atom is -0.293 e. The third-order valence-corrected chi connectivity index (χ3v) is 1.60. The first-order valence-electron chi connectivity index (χ1n) is 4.12. The average molecular weight is 184 g/mol. The van der Waals surface area contributed by atoms with Crippen molar-refractivity contribution in [3.05, 3.63) is 18.0 Å². The van der Waals surface area contributed by atoms with E-state index in [4.69, 9.17) is 0 Å². The number of ketones is 1. The molecule has 0 saturated heterocycles. The summed E-state index contributed by atoms with van der Waals surface area (Å²) in [5.41, 5.74) is -0.901. The molecule has 13 heavy (non-hydrogen) atoms. The van der Waals surface area contributed by atoms with Gasteiger partial charge in [-0.1, -0.05) is 0 Å². The van der Waals surface area contributed by atoms with Gasteiger partial charge in [0, 0.05) is 13.1 Å². The van der Waals surface area contributed by atoms with Crippen LogP contribution in [0.25, 0.3) is 0 Å². The van der Waals surface area contributed by atoms with Crippen LogP contribution in [0.2, 0.25) is 0 Å². The second-order valence-electron chi connectivity index (χ2n) is 3.65. The molecule has 0 N–H and O–H groups in total. The van der Waals surface area contributed by atoms with E-state index < -0.39 is 5.67 Å². The van der Waals surface area contributed by atoms with Crippen LogP contribution in [0, 0.1) is 0 Å². The molecular weight excluding hydrogens is 171 g/mol. The summed E-state index contributed by atoms with van der Waals surface area (Å²) in [6, 6.07) is 1.59. The lowest BCUT2D eigenvalue weighted by Gasteiger charge is -2.15. The van der Waals surface area contributed by atoms with Gasteiger partial charge in [-0.25, -0.2) is 4.39 Å². The van der Waals surface area contributed by atoms with Gasteiger partial charge in [0.1, 0.15) is 11.4 Å². The Kier molecular flexibility index (Phi) is 2.50. The number of hydrogen-bond acceptors (Lipinski definition) is 2. The van der Waals surface area contributed by atoms with E-state index in [2.05, 4.69) is 5.10 Å². The van der Waals surface area contributed by atoms with Crippen LogP contribution < -0.4 is 0 Å². The molecule has 4 heteroatoms. The number of carbonyl (C=O) groups is 1. The Balaban J connectivity index is 2.89. The molecule has 0 aliphatic heterocycles. The second kappa shape index (κ2) is 3.28. The zero-order chi connectivity index (χ0) is 10.1. The first-order valence-corrected chi connectivity index (χ1v) is 4.12. The first kappa shape index (κ1) is 9.89. The highest BCUT2D eigenvalue weighted by Gasteiger charge is 2.19. The molecular formula is C9H13FN2O. The van der Waals surface area contributed by atoms with Crippen molar-refractivity contribution in [3.63, 3.8) is 0 Å². The molecule has 0 saturated carbocycles. The number of hydrogen-bond donors (Lipinski definition) is 0. The minimum absolute atomic E-state index is 0.0956. The maximum absolute atomic E-state index is 13.2. The molecule has 0 fully saturated rings. The highest BCUT2D eigenvalue weighted by atomic mass is 19.1. The molecule has 0 radical (unpaired) electrons. The third-order valence-electron chi connectivity index (χ3n) is 1.60. The number of nitrogens with zero attached hydrogens (tertiary/aromatic N) is 2. The summed E-state index contributed by atoms with van der Waals surface area (Å²) >= 11 is 0. The highest BCUT2D eigenvalue weighted by molar-refractivity contribution is 5.92. The zero-order valence-corrected chi connectivity index (χ0v) is 8.04. The molecule has 0 amide bonds. The lowest BCUT2D eigenvalue weighted by Crippen LogP contribution is -2.23. The van der Waals surface area contributed by atoms with Crippen molar-refractivity contribution in [2.45, 2.75) is 33.0 Å². The quantitative estimate of drug-likeness (QED) is 0.672. The van der Waals surface area contributed by atoms with Gasteiger partial charge >= 0.3 is 0 Å². The second-order valence-corrected chi connectivity index (χ2v) is 3.65. The minimum atomic E-state index is -1.35. The van der Waals surface area contributed by atoms with E-state index in [1.165, 1.54) is 31.6 Å².